The number of nitrogens with one attached hydrogen (secondary N) is 1. The molecule has 0 saturated carbocycles. The van der Waals surface area contributed by atoms with Gasteiger partial charge in [-0.15, -0.1) is 0 Å². The molecule has 0 saturated heterocycles. The molecule has 2 heterocycles. The van der Waals surface area contributed by atoms with Crippen molar-refractivity contribution in [2.24, 2.45) is 0 Å². The Hall–Kier alpha value is -2.13. The molecule has 1 aromatic carbocycles. The van der Waals surface area contributed by atoms with Crippen LogP contribution in [0.1, 0.15) is 11.4 Å². The average Bonchev–Trinajstić information content (AvgIpc) is 2.44. The van der Waals surface area contributed by atoms with Gasteiger partial charge in [-0.25, -0.2) is 0 Å². The summed E-state index contributed by atoms with van der Waals surface area (Å²) in [5, 5.41) is 5.16. The minimum atomic E-state index is 0.684. The van der Waals surface area contributed by atoms with Crippen LogP contribution in [0.2, 0.25) is 5.02 Å². The highest BCUT2D eigenvalue weighted by molar-refractivity contribution is 6.31. The quantitative estimate of drug-likeness (QED) is 0.783. The SMILES string of the molecule is Cc1cccc(CNc2ccnc3cc(Cl)ccc23)n1. The van der Waals surface area contributed by atoms with Crippen molar-refractivity contribution in [2.75, 3.05) is 5.32 Å². The Morgan fingerprint density at radius 2 is 2.05 bits per heavy atom. The van der Waals surface area contributed by atoms with Crippen LogP contribution in [0.3, 0.4) is 0 Å². The lowest BCUT2D eigenvalue weighted by molar-refractivity contribution is 1.02. The Balaban J connectivity index is 1.87. The second-order valence-electron chi connectivity index (χ2n) is 4.64. The molecule has 3 aromatic rings. The number of halogens is 1. The third kappa shape index (κ3) is 2.73. The van der Waals surface area contributed by atoms with Crippen LogP contribution in [0.25, 0.3) is 10.9 Å². The van der Waals surface area contributed by atoms with Crippen LogP contribution in [0, 0.1) is 6.92 Å². The predicted molar refractivity (Wildman–Crippen MR) is 83.1 cm³/mol. The molecule has 4 heteroatoms. The van der Waals surface area contributed by atoms with E-state index in [1.165, 1.54) is 0 Å². The molecule has 0 aliphatic heterocycles. The number of aromatic nitrogens is 2. The molecule has 0 aliphatic carbocycles. The number of anilines is 1. The fourth-order valence-corrected chi connectivity index (χ4v) is 2.33. The van der Waals surface area contributed by atoms with Crippen LogP contribution in [0.15, 0.2) is 48.7 Å². The van der Waals surface area contributed by atoms with Gasteiger partial charge in [-0.1, -0.05) is 17.7 Å². The number of hydrogen-bond donors (Lipinski definition) is 1. The number of fused-ring (bicyclic) bond motifs is 1. The minimum Gasteiger partial charge on any atom is -0.379 e. The fraction of sp³-hybridized carbons (Fsp3) is 0.125. The molecule has 0 aliphatic rings. The van der Waals surface area contributed by atoms with Gasteiger partial charge >= 0.3 is 0 Å². The smallest absolute Gasteiger partial charge is 0.0737 e. The fourth-order valence-electron chi connectivity index (χ4n) is 2.16. The van der Waals surface area contributed by atoms with Gasteiger partial charge in [0.1, 0.15) is 0 Å². The van der Waals surface area contributed by atoms with E-state index >= 15 is 0 Å². The van der Waals surface area contributed by atoms with Crippen molar-refractivity contribution in [3.8, 4) is 0 Å². The summed E-state index contributed by atoms with van der Waals surface area (Å²) in [6.07, 6.45) is 1.78. The van der Waals surface area contributed by atoms with E-state index in [0.717, 1.165) is 28.0 Å². The highest BCUT2D eigenvalue weighted by atomic mass is 35.5. The van der Waals surface area contributed by atoms with E-state index in [1.807, 2.05) is 49.4 Å². The lowest BCUT2D eigenvalue weighted by Gasteiger charge is -2.09. The largest absolute Gasteiger partial charge is 0.379 e. The van der Waals surface area contributed by atoms with Crippen molar-refractivity contribution in [2.45, 2.75) is 13.5 Å². The zero-order chi connectivity index (χ0) is 13.9. The van der Waals surface area contributed by atoms with E-state index in [4.69, 9.17) is 11.6 Å². The summed E-state index contributed by atoms with van der Waals surface area (Å²) in [6.45, 7) is 2.68. The first-order valence-corrected chi connectivity index (χ1v) is 6.81. The summed E-state index contributed by atoms with van der Waals surface area (Å²) < 4.78 is 0. The van der Waals surface area contributed by atoms with Crippen LogP contribution in [-0.4, -0.2) is 9.97 Å². The molecule has 0 radical (unpaired) electrons. The summed E-state index contributed by atoms with van der Waals surface area (Å²) in [6, 6.07) is 13.7. The summed E-state index contributed by atoms with van der Waals surface area (Å²) in [7, 11) is 0. The Kier molecular flexibility index (Phi) is 3.52. The molecule has 0 bridgehead atoms. The molecule has 0 spiro atoms. The molecule has 0 fully saturated rings. The number of hydrogen-bond acceptors (Lipinski definition) is 3. The number of rotatable bonds is 3. The first-order valence-electron chi connectivity index (χ1n) is 6.43. The molecule has 0 amide bonds. The van der Waals surface area contributed by atoms with E-state index in [2.05, 4.69) is 15.3 Å². The van der Waals surface area contributed by atoms with E-state index < -0.39 is 0 Å². The Labute approximate surface area is 122 Å². The van der Waals surface area contributed by atoms with E-state index in [9.17, 15) is 0 Å². The van der Waals surface area contributed by atoms with Crippen LogP contribution >= 0.6 is 11.6 Å². The predicted octanol–water partition coefficient (Wildman–Crippen LogP) is 4.20. The third-order valence-electron chi connectivity index (χ3n) is 3.11. The lowest BCUT2D eigenvalue weighted by Crippen LogP contribution is -2.02. The van der Waals surface area contributed by atoms with E-state index in [-0.39, 0.29) is 0 Å². The Morgan fingerprint density at radius 3 is 2.90 bits per heavy atom. The zero-order valence-electron chi connectivity index (χ0n) is 11.1. The van der Waals surface area contributed by atoms with Crippen LogP contribution in [0.5, 0.6) is 0 Å². The standard InChI is InChI=1S/C16H14ClN3/c1-11-3-2-4-13(20-11)10-19-15-7-8-18-16-9-12(17)5-6-14(15)16/h2-9H,10H2,1H3,(H,18,19). The molecule has 0 unspecified atom stereocenters. The van der Waals surface area contributed by atoms with Crippen molar-refractivity contribution in [1.29, 1.82) is 0 Å². The zero-order valence-corrected chi connectivity index (χ0v) is 11.9. The van der Waals surface area contributed by atoms with Gasteiger partial charge in [-0.3, -0.25) is 9.97 Å². The van der Waals surface area contributed by atoms with E-state index in [0.29, 0.717) is 11.6 Å². The Morgan fingerprint density at radius 1 is 1.15 bits per heavy atom. The first kappa shape index (κ1) is 12.9. The topological polar surface area (TPSA) is 37.8 Å². The van der Waals surface area contributed by atoms with Gasteiger partial charge in [0, 0.05) is 28.0 Å². The van der Waals surface area contributed by atoms with Gasteiger partial charge in [-0.2, -0.15) is 0 Å². The molecule has 20 heavy (non-hydrogen) atoms. The van der Waals surface area contributed by atoms with Gasteiger partial charge in [0.15, 0.2) is 0 Å². The van der Waals surface area contributed by atoms with Gasteiger partial charge in [0.05, 0.1) is 17.8 Å². The summed E-state index contributed by atoms with van der Waals surface area (Å²) in [5.41, 5.74) is 3.97. The van der Waals surface area contributed by atoms with Crippen LogP contribution in [-0.2, 0) is 6.54 Å². The summed E-state index contributed by atoms with van der Waals surface area (Å²) in [4.78, 5) is 8.81. The molecule has 0 atom stereocenters. The van der Waals surface area contributed by atoms with Crippen molar-refractivity contribution in [3.05, 3.63) is 65.1 Å². The average molecular weight is 284 g/mol. The summed E-state index contributed by atoms with van der Waals surface area (Å²) >= 11 is 5.99. The second kappa shape index (κ2) is 5.47. The van der Waals surface area contributed by atoms with Crippen molar-refractivity contribution in [1.82, 2.24) is 9.97 Å². The molecular formula is C16H14ClN3. The van der Waals surface area contributed by atoms with E-state index in [1.54, 1.807) is 6.20 Å². The van der Waals surface area contributed by atoms with Gasteiger partial charge < -0.3 is 5.32 Å². The maximum absolute atomic E-state index is 5.99. The maximum atomic E-state index is 5.99. The van der Waals surface area contributed by atoms with Gasteiger partial charge in [-0.05, 0) is 43.3 Å². The van der Waals surface area contributed by atoms with Crippen molar-refractivity contribution in [3.63, 3.8) is 0 Å². The molecule has 1 N–H and O–H groups in total. The normalized spacial score (nSPS) is 10.7. The summed E-state index contributed by atoms with van der Waals surface area (Å²) in [5.74, 6) is 0. The van der Waals surface area contributed by atoms with Crippen molar-refractivity contribution >= 4 is 28.2 Å². The van der Waals surface area contributed by atoms with Gasteiger partial charge in [0.25, 0.3) is 0 Å². The Bertz CT molecular complexity index is 756. The lowest BCUT2D eigenvalue weighted by atomic mass is 10.2. The number of nitrogens with zero attached hydrogens (tertiary/aromatic N) is 2. The van der Waals surface area contributed by atoms with Crippen LogP contribution in [0.4, 0.5) is 5.69 Å². The molecule has 3 nitrogen and oxygen atoms in total. The number of benzene rings is 1. The highest BCUT2D eigenvalue weighted by Crippen LogP contribution is 2.24. The molecule has 2 aromatic heterocycles. The number of pyridine rings is 2. The van der Waals surface area contributed by atoms with Crippen LogP contribution < -0.4 is 5.32 Å². The molecular weight excluding hydrogens is 270 g/mol. The molecule has 100 valence electrons. The first-order chi connectivity index (χ1) is 9.72. The minimum absolute atomic E-state index is 0.684. The highest BCUT2D eigenvalue weighted by Gasteiger charge is 2.03. The number of aryl methyl sites for hydroxylation is 1. The third-order valence-corrected chi connectivity index (χ3v) is 3.35. The van der Waals surface area contributed by atoms with Gasteiger partial charge in [0.2, 0.25) is 0 Å². The monoisotopic (exact) mass is 283 g/mol. The molecule has 3 rings (SSSR count). The second-order valence-corrected chi connectivity index (χ2v) is 5.08. The van der Waals surface area contributed by atoms with Crippen molar-refractivity contribution < 1.29 is 0 Å². The maximum Gasteiger partial charge on any atom is 0.0737 e.